The predicted molar refractivity (Wildman–Crippen MR) is 304 cm³/mol. The van der Waals surface area contributed by atoms with E-state index in [0.717, 1.165) is 18.9 Å². The third kappa shape index (κ3) is 12.9. The third-order valence-electron chi connectivity index (χ3n) is 13.4. The van der Waals surface area contributed by atoms with Crippen LogP contribution in [-0.2, 0) is 38.1 Å². The molecule has 4 amide bonds. The number of amidine groups is 2. The smallest absolute Gasteiger partial charge is 0.338 e. The molecule has 21 nitrogen and oxygen atoms in total. The van der Waals surface area contributed by atoms with Crippen molar-refractivity contribution in [1.82, 2.24) is 45.9 Å². The zero-order chi connectivity index (χ0) is 55.2. The van der Waals surface area contributed by atoms with Crippen LogP contribution in [0.25, 0.3) is 0 Å². The van der Waals surface area contributed by atoms with Gasteiger partial charge >= 0.3 is 35.9 Å². The zero-order valence-electron chi connectivity index (χ0n) is 41.6. The predicted octanol–water partition coefficient (Wildman–Crippen LogP) is 7.57. The normalized spacial score (nSPS) is 21.9. The third-order valence-corrected chi connectivity index (χ3v) is 16.2. The number of ether oxygens (including phenoxy) is 4. The highest BCUT2D eigenvalue weighted by Gasteiger charge is 2.56. The summed E-state index contributed by atoms with van der Waals surface area (Å²) < 4.78 is 47.1. The van der Waals surface area contributed by atoms with Crippen LogP contribution in [0.1, 0.15) is 74.8 Å². The van der Waals surface area contributed by atoms with Crippen molar-refractivity contribution in [3.05, 3.63) is 125 Å². The molecule has 28 heteroatoms. The van der Waals surface area contributed by atoms with Crippen molar-refractivity contribution in [2.24, 2.45) is 9.98 Å². The molecule has 10 rings (SSSR count). The number of rotatable bonds is 11. The minimum absolute atomic E-state index is 0. The Hall–Kier alpha value is -6.58. The summed E-state index contributed by atoms with van der Waals surface area (Å²) in [5, 5.41) is 17.3. The van der Waals surface area contributed by atoms with E-state index in [2.05, 4.69) is 52.2 Å². The Bertz CT molecular complexity index is 3080. The number of urea groups is 2. The number of hydrogen-bond donors (Lipinski definition) is 4. The first-order valence-corrected chi connectivity index (χ1v) is 27.2. The van der Waals surface area contributed by atoms with Crippen molar-refractivity contribution in [3.63, 3.8) is 0 Å². The van der Waals surface area contributed by atoms with E-state index in [1.807, 2.05) is 10.3 Å². The number of piperidine rings is 1. The molecule has 432 valence electrons. The van der Waals surface area contributed by atoms with Gasteiger partial charge in [-0.1, -0.05) is 73.5 Å². The van der Waals surface area contributed by atoms with Crippen LogP contribution in [-0.4, -0.2) is 163 Å². The number of methoxy groups -OCH3 is 4. The first kappa shape index (κ1) is 64.2. The number of aromatic nitrogens is 2. The number of allylic oxidation sites excluding steroid dienone is 1. The standard InChI is InChI=1S/C24H24ClFN6O5S.C16H12BrClFN3O2S.C9H14N2O3.3CH4/c1-36-21(33)17-16(10-31-6-7-32-23(35)28-11-24(32,12-31)22(34)37-2)29-19(20-27-5-8-38-20)30-18(17)14-4-3-13(26)9-15(14)25;1-24-16(23)12-11(7-17)21-14(15-20-4-5-25-15)22-13(12)9-3-2-8(19)6-10(9)18;1-14-7(12)9-4-2-3-5-11(9)8(13)10-6-9;;;/h3-5,8-9,18H,6-7,10-12H2,1-2H3,(H,28,35)(H,29,30);2-6,13H,7H2,1H3,(H,21,22);2-6H2,1H3,(H,10,13);3*1H4/t18-,24?;13-;;;;/m00..../s1. The van der Waals surface area contributed by atoms with Crippen molar-refractivity contribution >= 4 is 109 Å². The number of aliphatic imine (C=N–C) groups is 2. The number of carbonyl (C=O) groups excluding carboxylic acids is 6. The van der Waals surface area contributed by atoms with Crippen molar-refractivity contribution in [2.75, 3.05) is 79.6 Å². The minimum atomic E-state index is -1.20. The summed E-state index contributed by atoms with van der Waals surface area (Å²) in [6.07, 6.45) is 5.94. The topological polar surface area (TPSA) is 248 Å². The van der Waals surface area contributed by atoms with Gasteiger partial charge in [-0.25, -0.2) is 47.5 Å². The number of nitrogens with zero attached hydrogens (tertiary/aromatic N) is 7. The largest absolute Gasteiger partial charge is 0.467 e. The summed E-state index contributed by atoms with van der Waals surface area (Å²) in [5.74, 6) is -2.05. The minimum Gasteiger partial charge on any atom is -0.467 e. The SMILES string of the molecule is C.C.C.COC(=O)C12CCCCN1C(=O)NC2.COC(=O)C1=C(CBr)NC(c2nccs2)=N[C@H]1c1ccc(F)cc1Cl.COC(=O)C1=C(CN2CCN3C(=O)NCC3(C(=O)OC)C2)NC(c2nccs2)=N[C@H]1c1ccc(F)cc1Cl. The first-order valence-electron chi connectivity index (χ1n) is 23.6. The van der Waals surface area contributed by atoms with Gasteiger partial charge in [0.25, 0.3) is 0 Å². The molecule has 6 aliphatic heterocycles. The summed E-state index contributed by atoms with van der Waals surface area (Å²) in [6.45, 7) is 2.21. The van der Waals surface area contributed by atoms with E-state index in [9.17, 15) is 37.5 Å². The monoisotopic (exact) mass is 1250 g/mol. The number of hydrogen-bond acceptors (Lipinski definition) is 19. The highest BCUT2D eigenvalue weighted by Crippen LogP contribution is 2.40. The van der Waals surface area contributed by atoms with E-state index >= 15 is 0 Å². The van der Waals surface area contributed by atoms with Crippen LogP contribution in [0, 0.1) is 11.6 Å². The summed E-state index contributed by atoms with van der Waals surface area (Å²) in [6, 6.07) is 5.79. The molecule has 8 heterocycles. The fraction of sp³-hybridized carbons (Fsp3) is 0.423. The van der Waals surface area contributed by atoms with E-state index < -0.39 is 52.7 Å². The van der Waals surface area contributed by atoms with Crippen molar-refractivity contribution < 1.29 is 56.5 Å². The van der Waals surface area contributed by atoms with E-state index in [-0.39, 0.29) is 82.1 Å². The maximum absolute atomic E-state index is 13.9. The van der Waals surface area contributed by atoms with Gasteiger partial charge in [0.1, 0.15) is 23.7 Å². The number of thiazole rings is 2. The molecule has 4 aromatic rings. The fourth-order valence-electron chi connectivity index (χ4n) is 9.77. The molecule has 4 N–H and O–H groups in total. The molecule has 4 fully saturated rings. The maximum atomic E-state index is 13.9. The molecule has 4 atom stereocenters. The van der Waals surface area contributed by atoms with E-state index in [1.165, 1.54) is 86.3 Å². The molecular formula is C52H62BrCl2F2N11O10S2. The average Bonchev–Trinajstić information content (AvgIpc) is 4.32. The second-order valence-corrected chi connectivity index (χ2v) is 20.9. The molecule has 6 aliphatic rings. The quantitative estimate of drug-likeness (QED) is 0.0642. The van der Waals surface area contributed by atoms with Gasteiger partial charge < -0.3 is 50.0 Å². The molecule has 2 unspecified atom stereocenters. The number of amides is 4. The fourth-order valence-corrected chi connectivity index (χ4v) is 11.9. The summed E-state index contributed by atoms with van der Waals surface area (Å²) >= 11 is 18.8. The van der Waals surface area contributed by atoms with Crippen LogP contribution < -0.4 is 21.3 Å². The molecule has 0 saturated carbocycles. The van der Waals surface area contributed by atoms with Gasteiger partial charge in [-0.3, -0.25) is 14.9 Å². The molecule has 2 aromatic heterocycles. The van der Waals surface area contributed by atoms with Crippen LogP contribution in [0.15, 0.2) is 92.1 Å². The zero-order valence-corrected chi connectivity index (χ0v) is 46.4. The van der Waals surface area contributed by atoms with Crippen LogP contribution >= 0.6 is 61.8 Å². The second kappa shape index (κ2) is 27.7. The lowest BCUT2D eigenvalue weighted by Crippen LogP contribution is -2.66. The van der Waals surface area contributed by atoms with Crippen molar-refractivity contribution in [3.8, 4) is 0 Å². The molecule has 2 aromatic carbocycles. The Morgan fingerprint density at radius 3 is 1.62 bits per heavy atom. The Morgan fingerprint density at radius 1 is 0.688 bits per heavy atom. The number of benzene rings is 2. The Labute approximate surface area is 488 Å². The molecule has 0 radical (unpaired) electrons. The van der Waals surface area contributed by atoms with Crippen LogP contribution in [0.4, 0.5) is 18.4 Å². The number of carbonyl (C=O) groups is 6. The summed E-state index contributed by atoms with van der Waals surface area (Å²) in [5.41, 5.74) is 0.580. The number of piperazine rings is 1. The number of esters is 4. The van der Waals surface area contributed by atoms with E-state index in [4.69, 9.17) is 47.1 Å². The molecular weight excluding hydrogens is 1190 g/mol. The number of fused-ring (bicyclic) bond motifs is 2. The van der Waals surface area contributed by atoms with Crippen LogP contribution in [0.3, 0.4) is 0 Å². The Morgan fingerprint density at radius 2 is 1.16 bits per heavy atom. The second-order valence-electron chi connectivity index (χ2n) is 17.8. The van der Waals surface area contributed by atoms with E-state index in [0.29, 0.717) is 81.2 Å². The number of nitrogens with one attached hydrogen (secondary N) is 4. The molecule has 0 aliphatic carbocycles. The first-order chi connectivity index (χ1) is 37.0. The summed E-state index contributed by atoms with van der Waals surface area (Å²) in [7, 11) is 5.21. The molecule has 0 bridgehead atoms. The van der Waals surface area contributed by atoms with Gasteiger partial charge in [0.2, 0.25) is 0 Å². The van der Waals surface area contributed by atoms with Gasteiger partial charge in [0, 0.05) is 93.8 Å². The summed E-state index contributed by atoms with van der Waals surface area (Å²) in [4.78, 5) is 96.8. The van der Waals surface area contributed by atoms with Gasteiger partial charge in [0.05, 0.1) is 52.7 Å². The number of alkyl halides is 1. The highest BCUT2D eigenvalue weighted by molar-refractivity contribution is 9.09. The Balaban J connectivity index is 0.000000241. The van der Waals surface area contributed by atoms with Crippen molar-refractivity contribution in [2.45, 2.75) is 64.7 Å². The van der Waals surface area contributed by atoms with Crippen LogP contribution in [0.2, 0.25) is 10.0 Å². The van der Waals surface area contributed by atoms with Gasteiger partial charge in [0.15, 0.2) is 32.8 Å². The molecule has 0 spiro atoms. The highest BCUT2D eigenvalue weighted by atomic mass is 79.9. The van der Waals surface area contributed by atoms with Gasteiger partial charge in [-0.05, 0) is 43.5 Å². The average molecular weight is 1250 g/mol. The van der Waals surface area contributed by atoms with Gasteiger partial charge in [-0.2, -0.15) is 0 Å². The lowest BCUT2D eigenvalue weighted by atomic mass is 9.88. The molecule has 80 heavy (non-hydrogen) atoms. The maximum Gasteiger partial charge on any atom is 0.338 e. The van der Waals surface area contributed by atoms with E-state index in [1.54, 1.807) is 22.7 Å². The van der Waals surface area contributed by atoms with Crippen molar-refractivity contribution in [1.29, 1.82) is 0 Å². The lowest BCUT2D eigenvalue weighted by Gasteiger charge is -2.44. The number of halogens is 5. The molecule has 4 saturated heterocycles. The van der Waals surface area contributed by atoms with Gasteiger partial charge in [-0.15, -0.1) is 22.7 Å². The lowest BCUT2D eigenvalue weighted by molar-refractivity contribution is -0.155. The Kier molecular flexibility index (Phi) is 22.3. The van der Waals surface area contributed by atoms with Crippen LogP contribution in [0.5, 0.6) is 0 Å².